The molecule has 27 heavy (non-hydrogen) atoms. The molecule has 6 heteroatoms. The van der Waals surface area contributed by atoms with E-state index in [9.17, 15) is 0 Å². The van der Waals surface area contributed by atoms with E-state index in [2.05, 4.69) is 59.2 Å². The van der Waals surface area contributed by atoms with E-state index in [1.807, 2.05) is 12.4 Å². The molecule has 0 saturated carbocycles. The predicted octanol–water partition coefficient (Wildman–Crippen LogP) is 2.77. The van der Waals surface area contributed by atoms with E-state index in [1.165, 1.54) is 11.1 Å². The molecule has 0 aliphatic carbocycles. The van der Waals surface area contributed by atoms with Gasteiger partial charge < -0.3 is 19.9 Å². The standard InChI is InChI=1S/C21H31N5O/c1-4-22-21(25-14-20-23-10-11-26(20)15-16(2)3)24-9-7-17-5-6-19-18(13-17)8-12-27-19/h5-6,10-11,13,16H,4,7-9,12,14-15H2,1-3H3,(H2,22,24,25). The number of aliphatic imine (C=N–C) groups is 1. The average Bonchev–Trinajstić information content (AvgIpc) is 3.28. The molecule has 2 N–H and O–H groups in total. The van der Waals surface area contributed by atoms with Crippen molar-refractivity contribution in [2.24, 2.45) is 10.9 Å². The van der Waals surface area contributed by atoms with Crippen molar-refractivity contribution < 1.29 is 4.74 Å². The average molecular weight is 370 g/mol. The van der Waals surface area contributed by atoms with Gasteiger partial charge in [0.2, 0.25) is 0 Å². The lowest BCUT2D eigenvalue weighted by Crippen LogP contribution is -2.38. The van der Waals surface area contributed by atoms with E-state index in [4.69, 9.17) is 9.73 Å². The Morgan fingerprint density at radius 3 is 3.04 bits per heavy atom. The molecule has 0 saturated heterocycles. The SMILES string of the molecule is CCNC(=NCc1nccn1CC(C)C)NCCc1ccc2c(c1)CCO2. The Bertz CT molecular complexity index is 766. The normalized spacial score (nSPS) is 13.6. The fraction of sp³-hybridized carbons (Fsp3) is 0.524. The number of hydrogen-bond donors (Lipinski definition) is 2. The van der Waals surface area contributed by atoms with Crippen LogP contribution in [0, 0.1) is 5.92 Å². The van der Waals surface area contributed by atoms with E-state index >= 15 is 0 Å². The third-order valence-corrected chi connectivity index (χ3v) is 4.55. The zero-order valence-corrected chi connectivity index (χ0v) is 16.7. The van der Waals surface area contributed by atoms with Gasteiger partial charge in [0.1, 0.15) is 18.1 Å². The van der Waals surface area contributed by atoms with Crippen molar-refractivity contribution in [1.82, 2.24) is 20.2 Å². The molecule has 0 radical (unpaired) electrons. The topological polar surface area (TPSA) is 63.5 Å². The highest BCUT2D eigenvalue weighted by Crippen LogP contribution is 2.25. The zero-order chi connectivity index (χ0) is 19.1. The Hall–Kier alpha value is -2.50. The summed E-state index contributed by atoms with van der Waals surface area (Å²) in [4.78, 5) is 9.15. The highest BCUT2D eigenvalue weighted by atomic mass is 16.5. The highest BCUT2D eigenvalue weighted by molar-refractivity contribution is 5.79. The summed E-state index contributed by atoms with van der Waals surface area (Å²) in [7, 11) is 0. The van der Waals surface area contributed by atoms with Gasteiger partial charge in [0, 0.05) is 38.4 Å². The van der Waals surface area contributed by atoms with Crippen molar-refractivity contribution in [1.29, 1.82) is 0 Å². The summed E-state index contributed by atoms with van der Waals surface area (Å²) in [5.41, 5.74) is 2.65. The number of ether oxygens (including phenoxy) is 1. The molecule has 2 heterocycles. The van der Waals surface area contributed by atoms with Gasteiger partial charge in [-0.05, 0) is 36.5 Å². The van der Waals surface area contributed by atoms with Gasteiger partial charge in [-0.2, -0.15) is 0 Å². The van der Waals surface area contributed by atoms with E-state index in [0.29, 0.717) is 12.5 Å². The van der Waals surface area contributed by atoms with Gasteiger partial charge in [-0.15, -0.1) is 0 Å². The lowest BCUT2D eigenvalue weighted by Gasteiger charge is -2.13. The minimum Gasteiger partial charge on any atom is -0.493 e. The summed E-state index contributed by atoms with van der Waals surface area (Å²) in [6, 6.07) is 6.50. The molecule has 0 bridgehead atoms. The van der Waals surface area contributed by atoms with Gasteiger partial charge in [-0.25, -0.2) is 9.98 Å². The molecule has 1 aromatic heterocycles. The van der Waals surface area contributed by atoms with Gasteiger partial charge in [0.15, 0.2) is 5.96 Å². The summed E-state index contributed by atoms with van der Waals surface area (Å²) < 4.78 is 7.76. The number of hydrogen-bond acceptors (Lipinski definition) is 3. The molecule has 0 atom stereocenters. The lowest BCUT2D eigenvalue weighted by molar-refractivity contribution is 0.357. The van der Waals surface area contributed by atoms with E-state index < -0.39 is 0 Å². The molecule has 3 rings (SSSR count). The van der Waals surface area contributed by atoms with E-state index in [1.54, 1.807) is 0 Å². The molecular weight excluding hydrogens is 338 g/mol. The number of fused-ring (bicyclic) bond motifs is 1. The largest absolute Gasteiger partial charge is 0.493 e. The van der Waals surface area contributed by atoms with Crippen LogP contribution in [0.2, 0.25) is 0 Å². The fourth-order valence-corrected chi connectivity index (χ4v) is 3.26. The monoisotopic (exact) mass is 369 g/mol. The van der Waals surface area contributed by atoms with Crippen LogP contribution < -0.4 is 15.4 Å². The van der Waals surface area contributed by atoms with Crippen molar-refractivity contribution in [3.8, 4) is 5.75 Å². The molecule has 0 amide bonds. The second-order valence-electron chi connectivity index (χ2n) is 7.30. The van der Waals surface area contributed by atoms with Crippen LogP contribution in [0.15, 0.2) is 35.6 Å². The number of guanidine groups is 1. The Morgan fingerprint density at radius 2 is 2.22 bits per heavy atom. The third kappa shape index (κ3) is 5.49. The summed E-state index contributed by atoms with van der Waals surface area (Å²) in [5, 5.41) is 6.75. The highest BCUT2D eigenvalue weighted by Gasteiger charge is 2.12. The second-order valence-corrected chi connectivity index (χ2v) is 7.30. The molecule has 0 unspecified atom stereocenters. The van der Waals surface area contributed by atoms with Crippen LogP contribution in [-0.4, -0.2) is 35.2 Å². The summed E-state index contributed by atoms with van der Waals surface area (Å²) in [6.07, 6.45) is 5.86. The van der Waals surface area contributed by atoms with Gasteiger partial charge in [0.05, 0.1) is 6.61 Å². The van der Waals surface area contributed by atoms with Crippen LogP contribution >= 0.6 is 0 Å². The molecular formula is C21H31N5O. The van der Waals surface area contributed by atoms with Crippen molar-refractivity contribution >= 4 is 5.96 Å². The molecule has 146 valence electrons. The third-order valence-electron chi connectivity index (χ3n) is 4.55. The Kier molecular flexibility index (Phi) is 6.74. The Balaban J connectivity index is 1.54. The first kappa shape index (κ1) is 19.3. The smallest absolute Gasteiger partial charge is 0.191 e. The first-order valence-electron chi connectivity index (χ1n) is 9.92. The number of benzene rings is 1. The predicted molar refractivity (Wildman–Crippen MR) is 109 cm³/mol. The second kappa shape index (κ2) is 9.44. The number of nitrogens with one attached hydrogen (secondary N) is 2. The van der Waals surface area contributed by atoms with E-state index in [0.717, 1.165) is 56.6 Å². The van der Waals surface area contributed by atoms with Crippen molar-refractivity contribution in [2.75, 3.05) is 19.7 Å². The summed E-state index contributed by atoms with van der Waals surface area (Å²) >= 11 is 0. The molecule has 1 aliphatic rings. The summed E-state index contributed by atoms with van der Waals surface area (Å²) in [5.74, 6) is 3.46. The van der Waals surface area contributed by atoms with Crippen LogP contribution in [0.4, 0.5) is 0 Å². The van der Waals surface area contributed by atoms with Gasteiger partial charge in [0.25, 0.3) is 0 Å². The molecule has 0 fully saturated rings. The fourth-order valence-electron chi connectivity index (χ4n) is 3.26. The first-order valence-corrected chi connectivity index (χ1v) is 9.92. The van der Waals surface area contributed by atoms with Crippen molar-refractivity contribution in [3.05, 3.63) is 47.5 Å². The van der Waals surface area contributed by atoms with Crippen LogP contribution in [0.5, 0.6) is 5.75 Å². The maximum absolute atomic E-state index is 5.58. The van der Waals surface area contributed by atoms with E-state index in [-0.39, 0.29) is 0 Å². The van der Waals surface area contributed by atoms with Crippen LogP contribution in [-0.2, 0) is 25.9 Å². The van der Waals surface area contributed by atoms with Crippen molar-refractivity contribution in [3.63, 3.8) is 0 Å². The first-order chi connectivity index (χ1) is 13.2. The number of rotatable bonds is 8. The minimum absolute atomic E-state index is 0.575. The summed E-state index contributed by atoms with van der Waals surface area (Å²) in [6.45, 7) is 10.5. The lowest BCUT2D eigenvalue weighted by atomic mass is 10.1. The van der Waals surface area contributed by atoms with Gasteiger partial charge >= 0.3 is 0 Å². The number of imidazole rings is 1. The van der Waals surface area contributed by atoms with Crippen LogP contribution in [0.1, 0.15) is 37.7 Å². The molecule has 2 aromatic rings. The quantitative estimate of drug-likeness (QED) is 0.555. The van der Waals surface area contributed by atoms with Crippen LogP contribution in [0.25, 0.3) is 0 Å². The maximum atomic E-state index is 5.58. The van der Waals surface area contributed by atoms with Crippen LogP contribution in [0.3, 0.4) is 0 Å². The number of nitrogens with zero attached hydrogens (tertiary/aromatic N) is 3. The molecule has 1 aromatic carbocycles. The van der Waals surface area contributed by atoms with Gasteiger partial charge in [-0.1, -0.05) is 26.0 Å². The zero-order valence-electron chi connectivity index (χ0n) is 16.7. The van der Waals surface area contributed by atoms with Gasteiger partial charge in [-0.3, -0.25) is 0 Å². The Labute approximate surface area is 162 Å². The Morgan fingerprint density at radius 1 is 1.33 bits per heavy atom. The molecule has 6 nitrogen and oxygen atoms in total. The van der Waals surface area contributed by atoms with Crippen molar-refractivity contribution in [2.45, 2.75) is 46.7 Å². The maximum Gasteiger partial charge on any atom is 0.191 e. The number of aromatic nitrogens is 2. The minimum atomic E-state index is 0.575. The molecule has 1 aliphatic heterocycles. The molecule has 0 spiro atoms.